The highest BCUT2D eigenvalue weighted by Crippen LogP contribution is 2.39. The quantitative estimate of drug-likeness (QED) is 0.782. The Morgan fingerprint density at radius 3 is 1.85 bits per heavy atom. The van der Waals surface area contributed by atoms with Crippen molar-refractivity contribution >= 4 is 18.7 Å². The fourth-order valence-electron chi connectivity index (χ4n) is 4.57. The van der Waals surface area contributed by atoms with Gasteiger partial charge in [0.25, 0.3) is 8.32 Å². The number of aliphatic hydroxyl groups excluding tert-OH is 1. The third-order valence-corrected chi connectivity index (χ3v) is 11.0. The van der Waals surface area contributed by atoms with E-state index < -0.39 is 8.32 Å². The highest BCUT2D eigenvalue weighted by atomic mass is 28.4. The molecule has 0 bridgehead atoms. The molecule has 0 unspecified atom stereocenters. The largest absolute Gasteiger partial charge is 0.407 e. The maximum absolute atomic E-state index is 9.72. The van der Waals surface area contributed by atoms with Crippen LogP contribution in [0.1, 0.15) is 40.0 Å². The monoisotopic (exact) mass is 368 g/mol. The van der Waals surface area contributed by atoms with Crippen LogP contribution in [0.15, 0.2) is 60.7 Å². The fraction of sp³-hybridized carbons (Fsp3) is 0.478. The lowest BCUT2D eigenvalue weighted by Crippen LogP contribution is -2.67. The Labute approximate surface area is 159 Å². The average Bonchev–Trinajstić information content (AvgIpc) is 3.10. The second-order valence-electron chi connectivity index (χ2n) is 8.61. The summed E-state index contributed by atoms with van der Waals surface area (Å²) < 4.78 is 7.01. The third kappa shape index (κ3) is 3.66. The van der Waals surface area contributed by atoms with Gasteiger partial charge in [0, 0.05) is 13.2 Å². The molecule has 1 fully saturated rings. The van der Waals surface area contributed by atoms with Gasteiger partial charge in [0.15, 0.2) is 0 Å². The molecule has 0 aliphatic heterocycles. The molecular weight excluding hydrogens is 336 g/mol. The maximum atomic E-state index is 9.72. The summed E-state index contributed by atoms with van der Waals surface area (Å²) >= 11 is 0. The molecule has 2 aromatic rings. The smallest absolute Gasteiger partial charge is 0.261 e. The first-order valence-electron chi connectivity index (χ1n) is 9.85. The molecule has 2 atom stereocenters. The molecule has 1 saturated carbocycles. The molecule has 0 spiro atoms. The summed E-state index contributed by atoms with van der Waals surface area (Å²) in [5.74, 6) is 0.870. The van der Waals surface area contributed by atoms with Crippen molar-refractivity contribution in [1.29, 1.82) is 0 Å². The van der Waals surface area contributed by atoms with Crippen LogP contribution in [0.4, 0.5) is 0 Å². The average molecular weight is 369 g/mol. The summed E-state index contributed by atoms with van der Waals surface area (Å²) in [6.07, 6.45) is 3.51. The Balaban J connectivity index is 2.03. The zero-order chi connectivity index (χ0) is 18.6. The SMILES string of the molecule is CC(C)(C)[Si](OC[C@@H]1CCC[C@H]1CO)(c1ccccc1)c1ccccc1. The van der Waals surface area contributed by atoms with E-state index in [4.69, 9.17) is 4.43 Å². The lowest BCUT2D eigenvalue weighted by molar-refractivity contribution is 0.146. The highest BCUT2D eigenvalue weighted by Gasteiger charge is 2.50. The van der Waals surface area contributed by atoms with Crippen LogP contribution < -0.4 is 10.4 Å². The van der Waals surface area contributed by atoms with Crippen molar-refractivity contribution < 1.29 is 9.53 Å². The fourth-order valence-corrected chi connectivity index (χ4v) is 9.19. The van der Waals surface area contributed by atoms with Crippen molar-refractivity contribution in [2.24, 2.45) is 11.8 Å². The molecule has 1 aliphatic carbocycles. The number of aliphatic hydroxyl groups is 1. The standard InChI is InChI=1S/C23H32O2Si/c1-23(2,3)26(21-13-6-4-7-14-21,22-15-8-5-9-16-22)25-18-20-12-10-11-19(20)17-24/h4-9,13-16,19-20,24H,10-12,17-18H2,1-3H3/t19-,20-/m0/s1. The van der Waals surface area contributed by atoms with Crippen LogP contribution in [0.2, 0.25) is 5.04 Å². The number of hydrogen-bond acceptors (Lipinski definition) is 2. The van der Waals surface area contributed by atoms with Gasteiger partial charge in [0.2, 0.25) is 0 Å². The molecule has 0 heterocycles. The molecule has 0 amide bonds. The molecule has 3 heteroatoms. The molecule has 0 saturated heterocycles. The van der Waals surface area contributed by atoms with Crippen LogP contribution >= 0.6 is 0 Å². The van der Waals surface area contributed by atoms with E-state index in [1.807, 2.05) is 0 Å². The van der Waals surface area contributed by atoms with E-state index in [1.54, 1.807) is 0 Å². The third-order valence-electron chi connectivity index (χ3n) is 5.98. The first-order chi connectivity index (χ1) is 12.5. The van der Waals surface area contributed by atoms with Crippen molar-refractivity contribution in [2.45, 2.75) is 45.1 Å². The highest BCUT2D eigenvalue weighted by molar-refractivity contribution is 6.99. The molecule has 0 aromatic heterocycles. The van der Waals surface area contributed by atoms with Crippen molar-refractivity contribution in [1.82, 2.24) is 0 Å². The number of rotatable bonds is 6. The second-order valence-corrected chi connectivity index (χ2v) is 12.9. The Morgan fingerprint density at radius 2 is 1.38 bits per heavy atom. The number of benzene rings is 2. The van der Waals surface area contributed by atoms with Crippen molar-refractivity contribution in [3.63, 3.8) is 0 Å². The van der Waals surface area contributed by atoms with E-state index in [1.165, 1.54) is 23.2 Å². The Kier molecular flexibility index (Phi) is 6.01. The van der Waals surface area contributed by atoms with Gasteiger partial charge in [-0.15, -0.1) is 0 Å². The van der Waals surface area contributed by atoms with Crippen LogP contribution in [0.5, 0.6) is 0 Å². The van der Waals surface area contributed by atoms with Crippen molar-refractivity contribution in [3.05, 3.63) is 60.7 Å². The summed E-state index contributed by atoms with van der Waals surface area (Å²) in [4.78, 5) is 0. The van der Waals surface area contributed by atoms with E-state index in [9.17, 15) is 5.11 Å². The molecule has 2 nitrogen and oxygen atoms in total. The molecule has 26 heavy (non-hydrogen) atoms. The first-order valence-corrected chi connectivity index (χ1v) is 11.8. The van der Waals surface area contributed by atoms with Crippen LogP contribution in [-0.2, 0) is 4.43 Å². The van der Waals surface area contributed by atoms with Gasteiger partial charge in [0.05, 0.1) is 0 Å². The Morgan fingerprint density at radius 1 is 0.885 bits per heavy atom. The lowest BCUT2D eigenvalue weighted by Gasteiger charge is -2.43. The Bertz CT molecular complexity index is 639. The molecule has 2 aromatic carbocycles. The molecule has 1 aliphatic rings. The maximum Gasteiger partial charge on any atom is 0.261 e. The topological polar surface area (TPSA) is 29.5 Å². The summed E-state index contributed by atoms with van der Waals surface area (Å²) in [6.45, 7) is 7.99. The minimum Gasteiger partial charge on any atom is -0.407 e. The van der Waals surface area contributed by atoms with E-state index in [2.05, 4.69) is 81.4 Å². The minimum absolute atomic E-state index is 0.0169. The van der Waals surface area contributed by atoms with Crippen LogP contribution in [0.3, 0.4) is 0 Å². The molecular formula is C23H32O2Si. The van der Waals surface area contributed by atoms with Gasteiger partial charge in [-0.3, -0.25) is 0 Å². The minimum atomic E-state index is -2.44. The second kappa shape index (κ2) is 8.08. The predicted octanol–water partition coefficient (Wildman–Crippen LogP) is 3.97. The Hall–Kier alpha value is -1.42. The van der Waals surface area contributed by atoms with Crippen molar-refractivity contribution in [3.8, 4) is 0 Å². The van der Waals surface area contributed by atoms with Crippen LogP contribution in [0.25, 0.3) is 0 Å². The van der Waals surface area contributed by atoms with Gasteiger partial charge in [-0.25, -0.2) is 0 Å². The van der Waals surface area contributed by atoms with Crippen molar-refractivity contribution in [2.75, 3.05) is 13.2 Å². The molecule has 0 radical (unpaired) electrons. The lowest BCUT2D eigenvalue weighted by atomic mass is 9.98. The zero-order valence-electron chi connectivity index (χ0n) is 16.3. The van der Waals surface area contributed by atoms with Gasteiger partial charge < -0.3 is 9.53 Å². The van der Waals surface area contributed by atoms with Gasteiger partial charge in [0.1, 0.15) is 0 Å². The summed E-state index contributed by atoms with van der Waals surface area (Å²) in [7, 11) is -2.44. The van der Waals surface area contributed by atoms with E-state index >= 15 is 0 Å². The zero-order valence-corrected chi connectivity index (χ0v) is 17.3. The van der Waals surface area contributed by atoms with Gasteiger partial charge in [-0.05, 0) is 40.1 Å². The summed E-state index contributed by atoms with van der Waals surface area (Å²) in [5, 5.41) is 12.4. The molecule has 1 N–H and O–H groups in total. The number of hydrogen-bond donors (Lipinski definition) is 1. The van der Waals surface area contributed by atoms with E-state index in [-0.39, 0.29) is 11.6 Å². The van der Waals surface area contributed by atoms with Crippen LogP contribution in [0, 0.1) is 11.8 Å². The molecule has 140 valence electrons. The van der Waals surface area contributed by atoms with E-state index in [0.29, 0.717) is 11.8 Å². The van der Waals surface area contributed by atoms with E-state index in [0.717, 1.165) is 13.0 Å². The summed E-state index contributed by atoms with van der Waals surface area (Å²) in [6, 6.07) is 21.6. The molecule has 3 rings (SSSR count). The first kappa shape index (κ1) is 19.3. The van der Waals surface area contributed by atoms with Crippen LogP contribution in [-0.4, -0.2) is 26.6 Å². The van der Waals surface area contributed by atoms with Gasteiger partial charge >= 0.3 is 0 Å². The normalized spacial score (nSPS) is 21.1. The van der Waals surface area contributed by atoms with Gasteiger partial charge in [-0.1, -0.05) is 87.9 Å². The summed E-state index contributed by atoms with van der Waals surface area (Å²) in [5.41, 5.74) is 0. The predicted molar refractivity (Wildman–Crippen MR) is 111 cm³/mol. The van der Waals surface area contributed by atoms with Gasteiger partial charge in [-0.2, -0.15) is 0 Å².